The monoisotopic (exact) mass is 346 g/mol. The van der Waals surface area contributed by atoms with E-state index >= 15 is 0 Å². The molecule has 0 heterocycles. The highest BCUT2D eigenvalue weighted by atomic mass is 127. The summed E-state index contributed by atoms with van der Waals surface area (Å²) < 4.78 is 22.1. The van der Waals surface area contributed by atoms with Gasteiger partial charge in [0, 0.05) is 14.3 Å². The van der Waals surface area contributed by atoms with Gasteiger partial charge < -0.3 is 5.11 Å². The summed E-state index contributed by atoms with van der Waals surface area (Å²) in [7, 11) is 1.29. The van der Waals surface area contributed by atoms with Crippen LogP contribution in [-0.2, 0) is 9.05 Å². The summed E-state index contributed by atoms with van der Waals surface area (Å²) in [5.41, 5.74) is 0.0506. The Hall–Kier alpha value is -0.340. The largest absolute Gasteiger partial charge is 0.478 e. The molecule has 0 radical (unpaired) electrons. The number of halogens is 2. The van der Waals surface area contributed by atoms with Crippen molar-refractivity contribution in [1.82, 2.24) is 0 Å². The van der Waals surface area contributed by atoms with E-state index in [-0.39, 0.29) is 10.5 Å². The van der Waals surface area contributed by atoms with Crippen LogP contribution in [0.5, 0.6) is 0 Å². The second kappa shape index (κ2) is 4.03. The first kappa shape index (κ1) is 11.7. The highest BCUT2D eigenvalue weighted by Crippen LogP contribution is 2.20. The summed E-state index contributed by atoms with van der Waals surface area (Å²) in [4.78, 5) is 10.5. The van der Waals surface area contributed by atoms with Crippen molar-refractivity contribution < 1.29 is 18.3 Å². The Morgan fingerprint density at radius 3 is 2.36 bits per heavy atom. The maximum Gasteiger partial charge on any atom is 0.336 e. The number of aromatic carboxylic acids is 1. The predicted octanol–water partition coefficient (Wildman–Crippen LogP) is 1.92. The first-order valence-electron chi connectivity index (χ1n) is 3.30. The van der Waals surface area contributed by atoms with E-state index in [9.17, 15) is 13.2 Å². The maximum absolute atomic E-state index is 10.9. The van der Waals surface area contributed by atoms with Crippen LogP contribution in [-0.4, -0.2) is 19.5 Å². The van der Waals surface area contributed by atoms with Crippen molar-refractivity contribution >= 4 is 48.3 Å². The van der Waals surface area contributed by atoms with Crippen molar-refractivity contribution in [2.75, 3.05) is 0 Å². The van der Waals surface area contributed by atoms with E-state index in [4.69, 9.17) is 15.8 Å². The number of carboxylic acids is 1. The van der Waals surface area contributed by atoms with Crippen LogP contribution in [0.25, 0.3) is 0 Å². The van der Waals surface area contributed by atoms with E-state index in [2.05, 4.69) is 0 Å². The highest BCUT2D eigenvalue weighted by molar-refractivity contribution is 14.1. The Labute approximate surface area is 98.4 Å². The Balaban J connectivity index is 3.34. The molecule has 0 aliphatic rings. The van der Waals surface area contributed by atoms with Gasteiger partial charge in [-0.05, 0) is 40.8 Å². The van der Waals surface area contributed by atoms with E-state index in [0.717, 1.165) is 6.07 Å². The van der Waals surface area contributed by atoms with Crippen molar-refractivity contribution in [1.29, 1.82) is 0 Å². The fraction of sp³-hybridized carbons (Fsp3) is 0. The molecule has 0 atom stereocenters. The van der Waals surface area contributed by atoms with Crippen LogP contribution < -0.4 is 0 Å². The Kier molecular flexibility index (Phi) is 3.38. The smallest absolute Gasteiger partial charge is 0.336 e. The van der Waals surface area contributed by atoms with Crippen LogP contribution in [0, 0.1) is 3.57 Å². The molecule has 0 unspecified atom stereocenters. The lowest BCUT2D eigenvalue weighted by atomic mass is 10.2. The first-order valence-corrected chi connectivity index (χ1v) is 6.68. The van der Waals surface area contributed by atoms with Gasteiger partial charge in [0.15, 0.2) is 0 Å². The van der Waals surface area contributed by atoms with Gasteiger partial charge in [-0.2, -0.15) is 0 Å². The standard InChI is InChI=1S/C7H4ClIO4S/c8-14(12,13)4-1-2-5(7(10)11)6(9)3-4/h1-3H,(H,10,11). The molecule has 0 aliphatic heterocycles. The van der Waals surface area contributed by atoms with Gasteiger partial charge in [0.1, 0.15) is 0 Å². The molecule has 1 rings (SSSR count). The van der Waals surface area contributed by atoms with Crippen LogP contribution in [0.15, 0.2) is 23.1 Å². The number of rotatable bonds is 2. The van der Waals surface area contributed by atoms with E-state index in [1.807, 2.05) is 0 Å². The number of carboxylic acid groups (broad SMARTS) is 1. The zero-order valence-electron chi connectivity index (χ0n) is 6.57. The molecule has 0 aliphatic carbocycles. The zero-order valence-corrected chi connectivity index (χ0v) is 10.3. The van der Waals surface area contributed by atoms with Gasteiger partial charge in [-0.25, -0.2) is 13.2 Å². The third kappa shape index (κ3) is 2.58. The average molecular weight is 347 g/mol. The van der Waals surface area contributed by atoms with Crippen LogP contribution >= 0.6 is 33.3 Å². The molecule has 1 aromatic carbocycles. The molecule has 76 valence electrons. The van der Waals surface area contributed by atoms with Crippen molar-refractivity contribution in [2.24, 2.45) is 0 Å². The molecule has 0 bridgehead atoms. The summed E-state index contributed by atoms with van der Waals surface area (Å²) in [5.74, 6) is -1.10. The minimum absolute atomic E-state index is 0.0506. The molecule has 0 spiro atoms. The SMILES string of the molecule is O=C(O)c1ccc(S(=O)(=O)Cl)cc1I. The van der Waals surface area contributed by atoms with Crippen LogP contribution in [0.4, 0.5) is 0 Å². The first-order chi connectivity index (χ1) is 6.32. The molecule has 0 fully saturated rings. The Bertz CT molecular complexity index is 482. The van der Waals surface area contributed by atoms with Crippen molar-refractivity contribution in [3.05, 3.63) is 27.3 Å². The molecule has 0 saturated heterocycles. The Morgan fingerprint density at radius 2 is 2.00 bits per heavy atom. The molecule has 1 aromatic rings. The lowest BCUT2D eigenvalue weighted by Gasteiger charge is -2.00. The van der Waals surface area contributed by atoms with Crippen molar-refractivity contribution in [3.8, 4) is 0 Å². The van der Waals surface area contributed by atoms with Crippen LogP contribution in [0.3, 0.4) is 0 Å². The van der Waals surface area contributed by atoms with Gasteiger partial charge in [0.2, 0.25) is 0 Å². The van der Waals surface area contributed by atoms with Gasteiger partial charge in [0.05, 0.1) is 10.5 Å². The van der Waals surface area contributed by atoms with Crippen LogP contribution in [0.1, 0.15) is 10.4 Å². The third-order valence-corrected chi connectivity index (χ3v) is 3.70. The summed E-state index contributed by atoms with van der Waals surface area (Å²) in [6.07, 6.45) is 0. The minimum Gasteiger partial charge on any atom is -0.478 e. The fourth-order valence-electron chi connectivity index (χ4n) is 0.821. The molecule has 7 heteroatoms. The fourth-order valence-corrected chi connectivity index (χ4v) is 2.56. The third-order valence-electron chi connectivity index (χ3n) is 1.45. The molecule has 1 N–H and O–H groups in total. The molecule has 14 heavy (non-hydrogen) atoms. The zero-order chi connectivity index (χ0) is 10.9. The summed E-state index contributed by atoms with van der Waals surface area (Å²) in [5, 5.41) is 8.67. The predicted molar refractivity (Wildman–Crippen MR) is 59.2 cm³/mol. The molecule has 0 aromatic heterocycles. The number of hydrogen-bond acceptors (Lipinski definition) is 3. The van der Waals surface area contributed by atoms with Gasteiger partial charge in [-0.3, -0.25) is 0 Å². The lowest BCUT2D eigenvalue weighted by molar-refractivity contribution is 0.0695. The number of benzene rings is 1. The maximum atomic E-state index is 10.9. The molecule has 0 saturated carbocycles. The molecule has 4 nitrogen and oxygen atoms in total. The van der Waals surface area contributed by atoms with Crippen molar-refractivity contribution in [3.63, 3.8) is 0 Å². The lowest BCUT2D eigenvalue weighted by Crippen LogP contribution is -2.01. The molecular weight excluding hydrogens is 342 g/mol. The summed E-state index contributed by atoms with van der Waals surface area (Å²) in [6, 6.07) is 3.58. The topological polar surface area (TPSA) is 71.4 Å². The second-order valence-corrected chi connectivity index (χ2v) is 6.11. The number of carbonyl (C=O) groups is 1. The second-order valence-electron chi connectivity index (χ2n) is 2.38. The molecule has 0 amide bonds. The van der Waals surface area contributed by atoms with E-state index in [1.165, 1.54) is 12.1 Å². The highest BCUT2D eigenvalue weighted by Gasteiger charge is 2.14. The minimum atomic E-state index is -3.79. The Morgan fingerprint density at radius 1 is 1.43 bits per heavy atom. The van der Waals surface area contributed by atoms with Crippen LogP contribution in [0.2, 0.25) is 0 Å². The van der Waals surface area contributed by atoms with Crippen molar-refractivity contribution in [2.45, 2.75) is 4.90 Å². The summed E-state index contributed by atoms with van der Waals surface area (Å²) in [6.45, 7) is 0. The van der Waals surface area contributed by atoms with Gasteiger partial charge in [-0.15, -0.1) is 0 Å². The summed E-state index contributed by atoms with van der Waals surface area (Å²) >= 11 is 1.74. The van der Waals surface area contributed by atoms with Gasteiger partial charge in [0.25, 0.3) is 9.05 Å². The average Bonchev–Trinajstić information content (AvgIpc) is 2.01. The normalized spacial score (nSPS) is 11.3. The van der Waals surface area contributed by atoms with E-state index < -0.39 is 15.0 Å². The van der Waals surface area contributed by atoms with E-state index in [1.54, 1.807) is 22.6 Å². The van der Waals surface area contributed by atoms with E-state index in [0.29, 0.717) is 3.57 Å². The number of hydrogen-bond donors (Lipinski definition) is 1. The van der Waals surface area contributed by atoms with Gasteiger partial charge >= 0.3 is 5.97 Å². The van der Waals surface area contributed by atoms with Gasteiger partial charge in [-0.1, -0.05) is 0 Å². The quantitative estimate of drug-likeness (QED) is 0.656. The molecular formula is C7H4ClIO4S.